The summed E-state index contributed by atoms with van der Waals surface area (Å²) in [6.45, 7) is 2.52. The van der Waals surface area contributed by atoms with Crippen molar-refractivity contribution in [1.29, 1.82) is 0 Å². The van der Waals surface area contributed by atoms with Crippen LogP contribution in [-0.4, -0.2) is 51.4 Å². The Labute approximate surface area is 103 Å². The average Bonchev–Trinajstić information content (AvgIpc) is 2.25. The molecule has 0 aliphatic carbocycles. The van der Waals surface area contributed by atoms with Crippen molar-refractivity contribution in [2.24, 2.45) is 5.73 Å². The Morgan fingerprint density at radius 2 is 2.12 bits per heavy atom. The third-order valence-electron chi connectivity index (χ3n) is 2.78. The van der Waals surface area contributed by atoms with E-state index in [2.05, 4.69) is 0 Å². The molecule has 0 amide bonds. The molecular formula is C11H21N3O2S. The molecule has 0 bridgehead atoms. The fourth-order valence-corrected chi connectivity index (χ4v) is 2.68. The third-order valence-corrected chi connectivity index (χ3v) is 3.86. The van der Waals surface area contributed by atoms with E-state index in [1.165, 1.54) is 6.26 Å². The van der Waals surface area contributed by atoms with Gasteiger partial charge in [0.15, 0.2) is 9.84 Å². The summed E-state index contributed by atoms with van der Waals surface area (Å²) in [6.07, 6.45) is 5.66. The summed E-state index contributed by atoms with van der Waals surface area (Å²) in [4.78, 5) is 0. The Kier molecular flexibility index (Phi) is 4.35. The summed E-state index contributed by atoms with van der Waals surface area (Å²) >= 11 is 0. The third kappa shape index (κ3) is 3.31. The zero-order chi connectivity index (χ0) is 13.2. The van der Waals surface area contributed by atoms with Crippen LogP contribution >= 0.6 is 0 Å². The minimum Gasteiger partial charge on any atom is -0.324 e. The fourth-order valence-electron chi connectivity index (χ4n) is 1.71. The molecule has 1 atom stereocenters. The Morgan fingerprint density at radius 1 is 1.53 bits per heavy atom. The Balaban J connectivity index is 3.13. The zero-order valence-electron chi connectivity index (χ0n) is 10.8. The van der Waals surface area contributed by atoms with E-state index in [0.717, 1.165) is 12.0 Å². The molecule has 0 aromatic heterocycles. The minimum atomic E-state index is -3.25. The summed E-state index contributed by atoms with van der Waals surface area (Å²) in [6, 6.07) is -0.101. The first-order valence-electron chi connectivity index (χ1n) is 5.59. The molecule has 1 rings (SSSR count). The van der Waals surface area contributed by atoms with E-state index in [9.17, 15) is 8.42 Å². The fraction of sp³-hybridized carbons (Fsp3) is 0.636. The summed E-state index contributed by atoms with van der Waals surface area (Å²) in [7, 11) is 0.388. The van der Waals surface area contributed by atoms with Gasteiger partial charge >= 0.3 is 0 Å². The van der Waals surface area contributed by atoms with Gasteiger partial charge in [-0.25, -0.2) is 13.4 Å². The van der Waals surface area contributed by atoms with E-state index in [-0.39, 0.29) is 6.04 Å². The summed E-state index contributed by atoms with van der Waals surface area (Å²) < 4.78 is 23.5. The van der Waals surface area contributed by atoms with Gasteiger partial charge in [0.05, 0.1) is 6.54 Å². The van der Waals surface area contributed by atoms with Crippen LogP contribution in [0.15, 0.2) is 22.8 Å². The van der Waals surface area contributed by atoms with Crippen molar-refractivity contribution in [2.45, 2.75) is 19.4 Å². The van der Waals surface area contributed by atoms with Gasteiger partial charge in [0.1, 0.15) is 5.03 Å². The molecule has 0 aromatic rings. The van der Waals surface area contributed by atoms with Crippen molar-refractivity contribution < 1.29 is 8.42 Å². The van der Waals surface area contributed by atoms with Crippen LogP contribution in [0, 0.1) is 0 Å². The highest BCUT2D eigenvalue weighted by Crippen LogP contribution is 2.22. The molecule has 0 aromatic carbocycles. The highest BCUT2D eigenvalue weighted by molar-refractivity contribution is 7.94. The smallest absolute Gasteiger partial charge is 0.191 e. The van der Waals surface area contributed by atoms with Gasteiger partial charge in [-0.05, 0) is 18.1 Å². The molecular weight excluding hydrogens is 238 g/mol. The maximum Gasteiger partial charge on any atom is 0.191 e. The first kappa shape index (κ1) is 14.2. The summed E-state index contributed by atoms with van der Waals surface area (Å²) in [5.74, 6) is 0. The van der Waals surface area contributed by atoms with E-state index < -0.39 is 9.84 Å². The van der Waals surface area contributed by atoms with Gasteiger partial charge in [0, 0.05) is 26.4 Å². The van der Waals surface area contributed by atoms with Crippen LogP contribution in [0.2, 0.25) is 0 Å². The lowest BCUT2D eigenvalue weighted by Gasteiger charge is -2.34. The molecule has 17 heavy (non-hydrogen) atoms. The van der Waals surface area contributed by atoms with Crippen molar-refractivity contribution in [3.05, 3.63) is 22.8 Å². The van der Waals surface area contributed by atoms with Crippen molar-refractivity contribution in [2.75, 3.05) is 26.9 Å². The number of nitrogens with two attached hydrogens (primary N) is 1. The molecule has 5 nitrogen and oxygen atoms in total. The van der Waals surface area contributed by atoms with Crippen LogP contribution in [0.1, 0.15) is 13.3 Å². The van der Waals surface area contributed by atoms with Crippen LogP contribution in [0.3, 0.4) is 0 Å². The van der Waals surface area contributed by atoms with E-state index in [0.29, 0.717) is 11.6 Å². The standard InChI is InChI=1S/C11H21N3O2S/c1-5-10(12)9-6-7-14(13(2)3)11(8-9)17(4,15)16/h6,8,10H,5,7,12H2,1-4H3/t10-/m0/s1. The second-order valence-electron chi connectivity index (χ2n) is 4.40. The first-order chi connectivity index (χ1) is 7.77. The van der Waals surface area contributed by atoms with Crippen molar-refractivity contribution in [1.82, 2.24) is 10.0 Å². The quantitative estimate of drug-likeness (QED) is 0.788. The summed E-state index contributed by atoms with van der Waals surface area (Å²) in [5, 5.41) is 3.78. The van der Waals surface area contributed by atoms with Gasteiger partial charge in [-0.1, -0.05) is 13.0 Å². The van der Waals surface area contributed by atoms with E-state index >= 15 is 0 Å². The molecule has 0 unspecified atom stereocenters. The van der Waals surface area contributed by atoms with Gasteiger partial charge in [0.2, 0.25) is 0 Å². The number of sulfone groups is 1. The SMILES string of the molecule is CC[C@H](N)C1=CCN(N(C)C)C(S(C)(=O)=O)=C1. The maximum atomic E-state index is 11.8. The van der Waals surface area contributed by atoms with Crippen LogP contribution in [0.4, 0.5) is 0 Å². The molecule has 0 saturated heterocycles. The molecule has 1 heterocycles. The molecule has 0 saturated carbocycles. The van der Waals surface area contributed by atoms with Gasteiger partial charge in [0.25, 0.3) is 0 Å². The number of hydrazine groups is 1. The molecule has 6 heteroatoms. The number of nitrogens with zero attached hydrogens (tertiary/aromatic N) is 2. The van der Waals surface area contributed by atoms with E-state index in [4.69, 9.17) is 5.73 Å². The second kappa shape index (κ2) is 5.20. The Hall–Kier alpha value is -0.850. The van der Waals surface area contributed by atoms with Crippen molar-refractivity contribution >= 4 is 9.84 Å². The number of hydrogen-bond acceptors (Lipinski definition) is 5. The lowest BCUT2D eigenvalue weighted by atomic mass is 10.0. The normalized spacial score (nSPS) is 19.1. The van der Waals surface area contributed by atoms with Crippen LogP contribution in [-0.2, 0) is 9.84 Å². The number of rotatable bonds is 4. The molecule has 2 N–H and O–H groups in total. The molecule has 0 fully saturated rings. The molecule has 0 radical (unpaired) electrons. The van der Waals surface area contributed by atoms with E-state index in [1.54, 1.807) is 16.1 Å². The molecule has 0 spiro atoms. The van der Waals surface area contributed by atoms with Crippen molar-refractivity contribution in [3.8, 4) is 0 Å². The number of hydrogen-bond donors (Lipinski definition) is 1. The highest BCUT2D eigenvalue weighted by atomic mass is 32.2. The lowest BCUT2D eigenvalue weighted by molar-refractivity contribution is 0.0879. The Morgan fingerprint density at radius 3 is 2.53 bits per heavy atom. The largest absolute Gasteiger partial charge is 0.324 e. The van der Waals surface area contributed by atoms with Crippen LogP contribution in [0.25, 0.3) is 0 Å². The Bertz CT molecular complexity index is 438. The van der Waals surface area contributed by atoms with Crippen LogP contribution < -0.4 is 5.73 Å². The minimum absolute atomic E-state index is 0.101. The van der Waals surface area contributed by atoms with E-state index in [1.807, 2.05) is 27.1 Å². The predicted molar refractivity (Wildman–Crippen MR) is 69.7 cm³/mol. The first-order valence-corrected chi connectivity index (χ1v) is 7.48. The maximum absolute atomic E-state index is 11.8. The molecule has 1 aliphatic heterocycles. The van der Waals surface area contributed by atoms with Crippen LogP contribution in [0.5, 0.6) is 0 Å². The van der Waals surface area contributed by atoms with Gasteiger partial charge in [-0.2, -0.15) is 0 Å². The van der Waals surface area contributed by atoms with Gasteiger partial charge in [-0.3, -0.25) is 5.01 Å². The predicted octanol–water partition coefficient (Wildman–Crippen LogP) is 0.328. The lowest BCUT2D eigenvalue weighted by Crippen LogP contribution is -2.41. The second-order valence-corrected chi connectivity index (χ2v) is 6.37. The average molecular weight is 259 g/mol. The topological polar surface area (TPSA) is 66.6 Å². The molecule has 1 aliphatic rings. The van der Waals surface area contributed by atoms with Gasteiger partial charge < -0.3 is 5.73 Å². The zero-order valence-corrected chi connectivity index (χ0v) is 11.7. The summed E-state index contributed by atoms with van der Waals surface area (Å²) in [5.41, 5.74) is 6.83. The monoisotopic (exact) mass is 259 g/mol. The van der Waals surface area contributed by atoms with Crippen molar-refractivity contribution in [3.63, 3.8) is 0 Å². The molecule has 98 valence electrons. The highest BCUT2D eigenvalue weighted by Gasteiger charge is 2.25. The van der Waals surface area contributed by atoms with Gasteiger partial charge in [-0.15, -0.1) is 0 Å².